The minimum Gasteiger partial charge on any atom is -0.316 e. The van der Waals surface area contributed by atoms with Gasteiger partial charge in [0.05, 0.1) is 0 Å². The summed E-state index contributed by atoms with van der Waals surface area (Å²) in [4.78, 5) is 0. The van der Waals surface area contributed by atoms with Crippen molar-refractivity contribution in [2.24, 2.45) is 5.41 Å². The number of hydrogen-bond acceptors (Lipinski definition) is 1. The summed E-state index contributed by atoms with van der Waals surface area (Å²) in [6, 6.07) is 0. The predicted octanol–water partition coefficient (Wildman–Crippen LogP) is 1.79. The first kappa shape index (κ1) is 7.47. The zero-order valence-corrected chi connectivity index (χ0v) is 6.50. The summed E-state index contributed by atoms with van der Waals surface area (Å²) in [7, 11) is 0. The second kappa shape index (κ2) is 2.16. The number of alkyl halides is 2. The largest absolute Gasteiger partial charge is 0.316 e. The van der Waals surface area contributed by atoms with Crippen molar-refractivity contribution in [1.82, 2.24) is 5.32 Å². The van der Waals surface area contributed by atoms with E-state index in [1.54, 1.807) is 0 Å². The highest BCUT2D eigenvalue weighted by molar-refractivity contribution is 5.04. The summed E-state index contributed by atoms with van der Waals surface area (Å²) >= 11 is 0. The third-order valence-corrected chi connectivity index (χ3v) is 3.17. The summed E-state index contributed by atoms with van der Waals surface area (Å²) < 4.78 is 26.1. The van der Waals surface area contributed by atoms with E-state index in [9.17, 15) is 8.78 Å². The zero-order valence-electron chi connectivity index (χ0n) is 6.50. The van der Waals surface area contributed by atoms with Gasteiger partial charge in [-0.15, -0.1) is 0 Å². The van der Waals surface area contributed by atoms with Gasteiger partial charge in [-0.3, -0.25) is 0 Å². The molecule has 2 fully saturated rings. The van der Waals surface area contributed by atoms with E-state index < -0.39 is 11.3 Å². The van der Waals surface area contributed by atoms with Crippen LogP contribution in [0, 0.1) is 5.41 Å². The average Bonchev–Trinajstić information content (AvgIpc) is 2.04. The van der Waals surface area contributed by atoms with Gasteiger partial charge in [0.15, 0.2) is 0 Å². The van der Waals surface area contributed by atoms with Gasteiger partial charge in [-0.1, -0.05) is 0 Å². The highest BCUT2D eigenvalue weighted by atomic mass is 19.3. The molecule has 1 atom stereocenters. The van der Waals surface area contributed by atoms with Crippen LogP contribution in [0.5, 0.6) is 0 Å². The Morgan fingerprint density at radius 2 is 1.91 bits per heavy atom. The van der Waals surface area contributed by atoms with Crippen LogP contribution in [0.25, 0.3) is 0 Å². The molecule has 0 aromatic carbocycles. The summed E-state index contributed by atoms with van der Waals surface area (Å²) in [5.41, 5.74) is -0.648. The second-order valence-corrected chi connectivity index (χ2v) is 3.77. The molecule has 1 nitrogen and oxygen atoms in total. The van der Waals surface area contributed by atoms with Gasteiger partial charge in [0.1, 0.15) is 0 Å². The van der Waals surface area contributed by atoms with Crippen LogP contribution in [0.1, 0.15) is 25.7 Å². The fraction of sp³-hybridized carbons (Fsp3) is 1.00. The van der Waals surface area contributed by atoms with Crippen molar-refractivity contribution in [3.8, 4) is 0 Å². The molecule has 0 aromatic heterocycles. The Bertz CT molecular complexity index is 161. The Hall–Kier alpha value is -0.180. The van der Waals surface area contributed by atoms with Gasteiger partial charge in [0.25, 0.3) is 5.92 Å². The van der Waals surface area contributed by atoms with Crippen LogP contribution in [-0.2, 0) is 0 Å². The van der Waals surface area contributed by atoms with Gasteiger partial charge < -0.3 is 5.32 Å². The molecule has 0 radical (unpaired) electrons. The molecule has 64 valence electrons. The van der Waals surface area contributed by atoms with Crippen LogP contribution >= 0.6 is 0 Å². The number of rotatable bonds is 0. The molecule has 1 saturated carbocycles. The van der Waals surface area contributed by atoms with Crippen molar-refractivity contribution < 1.29 is 8.78 Å². The first-order valence-electron chi connectivity index (χ1n) is 4.25. The number of hydrogen-bond donors (Lipinski definition) is 1. The summed E-state index contributed by atoms with van der Waals surface area (Å²) in [6.45, 7) is 1.44. The van der Waals surface area contributed by atoms with Crippen LogP contribution in [0.3, 0.4) is 0 Å². The Labute approximate surface area is 65.2 Å². The zero-order chi connectivity index (χ0) is 7.95. The van der Waals surface area contributed by atoms with Crippen LogP contribution in [0.4, 0.5) is 8.78 Å². The van der Waals surface area contributed by atoms with E-state index in [4.69, 9.17) is 0 Å². The minimum absolute atomic E-state index is 0.106. The molecule has 3 heteroatoms. The Morgan fingerprint density at radius 1 is 1.09 bits per heavy atom. The van der Waals surface area contributed by atoms with Crippen molar-refractivity contribution in [3.05, 3.63) is 0 Å². The van der Waals surface area contributed by atoms with Gasteiger partial charge in [-0.2, -0.15) is 0 Å². The Balaban J connectivity index is 2.09. The van der Waals surface area contributed by atoms with Crippen molar-refractivity contribution in [2.45, 2.75) is 31.6 Å². The molecule has 0 amide bonds. The molecule has 2 rings (SSSR count). The molecule has 11 heavy (non-hydrogen) atoms. The lowest BCUT2D eigenvalue weighted by atomic mass is 9.61. The third-order valence-electron chi connectivity index (χ3n) is 3.17. The van der Waals surface area contributed by atoms with Gasteiger partial charge in [-0.25, -0.2) is 8.78 Å². The molecule has 0 aromatic rings. The lowest BCUT2D eigenvalue weighted by Crippen LogP contribution is -2.58. The molecule has 1 aliphatic carbocycles. The molecule has 1 heterocycles. The van der Waals surface area contributed by atoms with Crippen molar-refractivity contribution >= 4 is 0 Å². The molecular weight excluding hydrogens is 148 g/mol. The van der Waals surface area contributed by atoms with E-state index in [-0.39, 0.29) is 6.42 Å². The van der Waals surface area contributed by atoms with Crippen molar-refractivity contribution in [2.75, 3.05) is 13.1 Å². The quantitative estimate of drug-likeness (QED) is 0.571. The summed E-state index contributed by atoms with van der Waals surface area (Å²) in [5.74, 6) is -2.37. The predicted molar refractivity (Wildman–Crippen MR) is 38.7 cm³/mol. The second-order valence-electron chi connectivity index (χ2n) is 3.77. The lowest BCUT2D eigenvalue weighted by molar-refractivity contribution is -0.208. The Morgan fingerprint density at radius 3 is 2.18 bits per heavy atom. The molecule has 1 spiro atoms. The maximum atomic E-state index is 13.0. The molecule has 1 unspecified atom stereocenters. The monoisotopic (exact) mass is 161 g/mol. The van der Waals surface area contributed by atoms with Crippen molar-refractivity contribution in [3.63, 3.8) is 0 Å². The highest BCUT2D eigenvalue weighted by Gasteiger charge is 2.60. The maximum Gasteiger partial charge on any atom is 0.254 e. The first-order chi connectivity index (χ1) is 5.16. The number of nitrogens with one attached hydrogen (secondary N) is 1. The molecule has 1 saturated heterocycles. The Kier molecular flexibility index (Phi) is 1.46. The lowest BCUT2D eigenvalue weighted by Gasteiger charge is -2.51. The van der Waals surface area contributed by atoms with E-state index in [1.165, 1.54) is 0 Å². The normalized spacial score (nSPS) is 42.0. The SMILES string of the molecule is FC1(F)CCC12CCCNC2. The van der Waals surface area contributed by atoms with E-state index in [2.05, 4.69) is 5.32 Å². The van der Waals surface area contributed by atoms with E-state index in [0.29, 0.717) is 19.4 Å². The number of halogens is 2. The van der Waals surface area contributed by atoms with Crippen molar-refractivity contribution in [1.29, 1.82) is 0 Å². The maximum absolute atomic E-state index is 13.0. The van der Waals surface area contributed by atoms with Crippen LogP contribution in [0.15, 0.2) is 0 Å². The minimum atomic E-state index is -2.37. The van der Waals surface area contributed by atoms with E-state index in [1.807, 2.05) is 0 Å². The van der Waals surface area contributed by atoms with Crippen LogP contribution in [0.2, 0.25) is 0 Å². The number of piperidine rings is 1. The highest BCUT2D eigenvalue weighted by Crippen LogP contribution is 2.56. The third kappa shape index (κ3) is 0.901. The molecule has 1 N–H and O–H groups in total. The van der Waals surface area contributed by atoms with Gasteiger partial charge >= 0.3 is 0 Å². The topological polar surface area (TPSA) is 12.0 Å². The van der Waals surface area contributed by atoms with Gasteiger partial charge in [0.2, 0.25) is 0 Å². The summed E-state index contributed by atoms with van der Waals surface area (Å²) in [5, 5.41) is 3.05. The fourth-order valence-electron chi connectivity index (χ4n) is 2.16. The molecule has 0 bridgehead atoms. The van der Waals surface area contributed by atoms with E-state index in [0.717, 1.165) is 13.0 Å². The van der Waals surface area contributed by atoms with Crippen LogP contribution in [-0.4, -0.2) is 19.0 Å². The van der Waals surface area contributed by atoms with Gasteiger partial charge in [0, 0.05) is 18.4 Å². The molecule has 1 aliphatic heterocycles. The molecule has 2 aliphatic rings. The summed E-state index contributed by atoms with van der Waals surface area (Å²) in [6.07, 6.45) is 2.45. The average molecular weight is 161 g/mol. The first-order valence-corrected chi connectivity index (χ1v) is 4.25. The smallest absolute Gasteiger partial charge is 0.254 e. The molecular formula is C8H13F2N. The standard InChI is InChI=1S/C8H13F2N/c9-8(10)4-3-7(8)2-1-5-11-6-7/h11H,1-6H2. The fourth-order valence-corrected chi connectivity index (χ4v) is 2.16. The van der Waals surface area contributed by atoms with E-state index >= 15 is 0 Å². The van der Waals surface area contributed by atoms with Gasteiger partial charge in [-0.05, 0) is 25.8 Å². The van der Waals surface area contributed by atoms with Crippen LogP contribution < -0.4 is 5.32 Å².